The number of ether oxygens (including phenoxy) is 1. The Morgan fingerprint density at radius 2 is 1.86 bits per heavy atom. The Hall–Kier alpha value is -0.120. The van der Waals surface area contributed by atoms with Gasteiger partial charge in [-0.3, -0.25) is 0 Å². The first-order chi connectivity index (χ1) is 6.55. The molecular weight excluding hydrogens is 178 g/mol. The predicted octanol–water partition coefficient (Wildman–Crippen LogP) is 2.30. The molecule has 4 unspecified atom stereocenters. The molecule has 0 bridgehead atoms. The van der Waals surface area contributed by atoms with Crippen molar-refractivity contribution >= 4 is 0 Å². The van der Waals surface area contributed by atoms with Gasteiger partial charge < -0.3 is 14.6 Å². The van der Waals surface area contributed by atoms with Gasteiger partial charge in [-0.25, -0.2) is 0 Å². The number of hydroxylamine groups is 3. The maximum Gasteiger partial charge on any atom is 0.115 e. The van der Waals surface area contributed by atoms with Gasteiger partial charge >= 0.3 is 0 Å². The van der Waals surface area contributed by atoms with Crippen LogP contribution in [0.4, 0.5) is 0 Å². The third-order valence-electron chi connectivity index (χ3n) is 3.34. The summed E-state index contributed by atoms with van der Waals surface area (Å²) < 4.78 is 5.79. The number of quaternary nitrogens is 1. The van der Waals surface area contributed by atoms with Crippen LogP contribution in [-0.2, 0) is 4.74 Å². The van der Waals surface area contributed by atoms with Gasteiger partial charge in [0, 0.05) is 0 Å². The summed E-state index contributed by atoms with van der Waals surface area (Å²) in [5.74, 6) is 0. The fraction of sp³-hybridized carbons (Fsp3) is 1.00. The van der Waals surface area contributed by atoms with E-state index in [1.54, 1.807) is 7.05 Å². The molecule has 1 heterocycles. The highest BCUT2D eigenvalue weighted by Gasteiger charge is 2.39. The van der Waals surface area contributed by atoms with Crippen molar-refractivity contribution in [1.82, 2.24) is 0 Å². The first-order valence-corrected chi connectivity index (χ1v) is 5.76. The first kappa shape index (κ1) is 12.0. The van der Waals surface area contributed by atoms with E-state index in [0.29, 0.717) is 6.54 Å². The van der Waals surface area contributed by atoms with Crippen molar-refractivity contribution in [3.05, 3.63) is 5.21 Å². The minimum Gasteiger partial charge on any atom is -0.633 e. The van der Waals surface area contributed by atoms with E-state index in [0.717, 1.165) is 19.3 Å². The normalized spacial score (nSPS) is 43.9. The van der Waals surface area contributed by atoms with Crippen LogP contribution in [0.5, 0.6) is 0 Å². The number of likely N-dealkylation sites (N-methyl/N-ethyl adjacent to an activating group) is 1. The Bertz CT molecular complexity index is 182. The summed E-state index contributed by atoms with van der Waals surface area (Å²) >= 11 is 0. The van der Waals surface area contributed by atoms with Gasteiger partial charge in [0.25, 0.3) is 0 Å². The predicted molar refractivity (Wildman–Crippen MR) is 57.7 cm³/mol. The highest BCUT2D eigenvalue weighted by Crippen LogP contribution is 2.28. The monoisotopic (exact) mass is 201 g/mol. The van der Waals surface area contributed by atoms with Crippen LogP contribution in [0, 0.1) is 5.21 Å². The molecule has 0 aromatic rings. The molecule has 0 aromatic heterocycles. The number of rotatable bonds is 3. The smallest absolute Gasteiger partial charge is 0.115 e. The lowest BCUT2D eigenvalue weighted by molar-refractivity contribution is -0.903. The van der Waals surface area contributed by atoms with E-state index in [4.69, 9.17) is 4.74 Å². The highest BCUT2D eigenvalue weighted by molar-refractivity contribution is 4.77. The second-order valence-electron chi connectivity index (χ2n) is 4.45. The molecule has 3 heteroatoms. The van der Waals surface area contributed by atoms with E-state index in [1.807, 2.05) is 0 Å². The summed E-state index contributed by atoms with van der Waals surface area (Å²) in [6.45, 7) is 6.89. The van der Waals surface area contributed by atoms with Gasteiger partial charge in [0.15, 0.2) is 0 Å². The zero-order chi connectivity index (χ0) is 10.8. The van der Waals surface area contributed by atoms with Crippen LogP contribution in [0.25, 0.3) is 0 Å². The lowest BCUT2D eigenvalue weighted by Gasteiger charge is -2.53. The van der Waals surface area contributed by atoms with Crippen LogP contribution < -0.4 is 0 Å². The molecular formula is C11H23NO2. The SMILES string of the molecule is CCC1C[N+](C)([O-])C(CC)C(CC)O1. The second-order valence-corrected chi connectivity index (χ2v) is 4.45. The van der Waals surface area contributed by atoms with E-state index in [2.05, 4.69) is 20.8 Å². The minimum absolute atomic E-state index is 0.118. The Morgan fingerprint density at radius 3 is 2.29 bits per heavy atom. The van der Waals surface area contributed by atoms with Crippen molar-refractivity contribution in [2.75, 3.05) is 13.6 Å². The molecule has 0 aromatic carbocycles. The molecule has 1 saturated heterocycles. The average molecular weight is 201 g/mol. The lowest BCUT2D eigenvalue weighted by atomic mass is 10.00. The fourth-order valence-corrected chi connectivity index (χ4v) is 2.52. The number of nitrogens with zero attached hydrogens (tertiary/aromatic N) is 1. The Morgan fingerprint density at radius 1 is 1.21 bits per heavy atom. The van der Waals surface area contributed by atoms with Gasteiger partial charge in [-0.05, 0) is 19.3 Å². The molecule has 0 N–H and O–H groups in total. The molecule has 0 aliphatic carbocycles. The van der Waals surface area contributed by atoms with Crippen molar-refractivity contribution in [2.24, 2.45) is 0 Å². The summed E-state index contributed by atoms with van der Waals surface area (Å²) in [6, 6.07) is 0.128. The van der Waals surface area contributed by atoms with Gasteiger partial charge in [-0.1, -0.05) is 20.8 Å². The van der Waals surface area contributed by atoms with Gasteiger partial charge in [0.05, 0.1) is 7.05 Å². The summed E-state index contributed by atoms with van der Waals surface area (Å²) in [5, 5.41) is 12.3. The average Bonchev–Trinajstić information content (AvgIpc) is 2.15. The molecule has 0 spiro atoms. The molecule has 4 atom stereocenters. The number of hydrogen-bond acceptors (Lipinski definition) is 2. The largest absolute Gasteiger partial charge is 0.633 e. The van der Waals surface area contributed by atoms with Gasteiger partial charge in [0.2, 0.25) is 0 Å². The molecule has 1 aliphatic rings. The summed E-state index contributed by atoms with van der Waals surface area (Å²) in [7, 11) is 1.79. The molecule has 1 fully saturated rings. The van der Waals surface area contributed by atoms with E-state index < -0.39 is 0 Å². The van der Waals surface area contributed by atoms with E-state index in [9.17, 15) is 5.21 Å². The second kappa shape index (κ2) is 4.60. The Balaban J connectivity index is 2.74. The zero-order valence-electron chi connectivity index (χ0n) is 9.82. The van der Waals surface area contributed by atoms with Crippen molar-refractivity contribution in [3.63, 3.8) is 0 Å². The van der Waals surface area contributed by atoms with Crippen molar-refractivity contribution in [1.29, 1.82) is 0 Å². The molecule has 0 saturated carbocycles. The number of hydrogen-bond donors (Lipinski definition) is 0. The van der Waals surface area contributed by atoms with Crippen LogP contribution in [0.1, 0.15) is 40.0 Å². The van der Waals surface area contributed by atoms with Crippen LogP contribution in [0.2, 0.25) is 0 Å². The standard InChI is InChI=1S/C11H23NO2/c1-5-9-8-12(4,13)10(6-2)11(7-3)14-9/h9-11H,5-8H2,1-4H3. The summed E-state index contributed by atoms with van der Waals surface area (Å²) in [5.41, 5.74) is 0. The van der Waals surface area contributed by atoms with Crippen LogP contribution in [-0.4, -0.2) is 36.5 Å². The zero-order valence-corrected chi connectivity index (χ0v) is 9.82. The van der Waals surface area contributed by atoms with Crippen LogP contribution in [0.3, 0.4) is 0 Å². The lowest BCUT2D eigenvalue weighted by Crippen LogP contribution is -2.61. The van der Waals surface area contributed by atoms with E-state index >= 15 is 0 Å². The van der Waals surface area contributed by atoms with Crippen molar-refractivity contribution < 1.29 is 9.38 Å². The van der Waals surface area contributed by atoms with Crippen molar-refractivity contribution in [2.45, 2.75) is 58.3 Å². The summed E-state index contributed by atoms with van der Waals surface area (Å²) in [4.78, 5) is 0. The third kappa shape index (κ3) is 2.27. The first-order valence-electron chi connectivity index (χ1n) is 5.76. The van der Waals surface area contributed by atoms with Gasteiger partial charge in [-0.2, -0.15) is 0 Å². The van der Waals surface area contributed by atoms with Gasteiger partial charge in [-0.15, -0.1) is 0 Å². The van der Waals surface area contributed by atoms with Crippen LogP contribution >= 0.6 is 0 Å². The molecule has 84 valence electrons. The molecule has 0 radical (unpaired) electrons. The molecule has 1 aliphatic heterocycles. The minimum atomic E-state index is -0.118. The quantitative estimate of drug-likeness (QED) is 0.518. The van der Waals surface area contributed by atoms with Gasteiger partial charge in [0.1, 0.15) is 24.8 Å². The molecule has 1 rings (SSSR count). The molecule has 3 nitrogen and oxygen atoms in total. The topological polar surface area (TPSA) is 32.3 Å². The van der Waals surface area contributed by atoms with Crippen molar-refractivity contribution in [3.8, 4) is 0 Å². The van der Waals surface area contributed by atoms with Crippen LogP contribution in [0.15, 0.2) is 0 Å². The Kier molecular flexibility index (Phi) is 3.93. The highest BCUT2D eigenvalue weighted by atomic mass is 16.6. The maximum absolute atomic E-state index is 12.3. The third-order valence-corrected chi connectivity index (χ3v) is 3.34. The number of morpholine rings is 1. The van der Waals surface area contributed by atoms with E-state index in [1.165, 1.54) is 0 Å². The maximum atomic E-state index is 12.3. The Labute approximate surface area is 87.2 Å². The molecule has 14 heavy (non-hydrogen) atoms. The fourth-order valence-electron chi connectivity index (χ4n) is 2.52. The summed E-state index contributed by atoms with van der Waals surface area (Å²) in [6.07, 6.45) is 3.12. The molecule has 0 amide bonds. The van der Waals surface area contributed by atoms with E-state index in [-0.39, 0.29) is 22.9 Å².